The van der Waals surface area contributed by atoms with Crippen molar-refractivity contribution in [3.05, 3.63) is 60.2 Å². The molecule has 0 unspecified atom stereocenters. The fourth-order valence-electron chi connectivity index (χ4n) is 2.41. The first-order valence-corrected chi connectivity index (χ1v) is 9.01. The molecule has 3 aromatic rings. The summed E-state index contributed by atoms with van der Waals surface area (Å²) in [5.74, 6) is -0.580. The summed E-state index contributed by atoms with van der Waals surface area (Å²) < 4.78 is 6.35. The van der Waals surface area contributed by atoms with E-state index in [0.717, 1.165) is 5.69 Å². The smallest absolute Gasteiger partial charge is 0.339 e. The Kier molecular flexibility index (Phi) is 5.82. The minimum absolute atomic E-state index is 0.110. The second-order valence-electron chi connectivity index (χ2n) is 5.46. The lowest BCUT2D eigenvalue weighted by Crippen LogP contribution is -2.29. The van der Waals surface area contributed by atoms with Gasteiger partial charge in [-0.05, 0) is 34.7 Å². The SMILES string of the molecule is COC(=O)c1ccccc1N(C)C(=O)CSc1nnnn1-c1ccccc1. The number of ether oxygens (including phenoxy) is 1. The molecule has 0 spiro atoms. The quantitative estimate of drug-likeness (QED) is 0.476. The van der Waals surface area contributed by atoms with Crippen LogP contribution in [0.4, 0.5) is 5.69 Å². The number of esters is 1. The van der Waals surface area contributed by atoms with E-state index in [1.54, 1.807) is 36.0 Å². The third-order valence-corrected chi connectivity index (χ3v) is 4.72. The predicted molar refractivity (Wildman–Crippen MR) is 101 cm³/mol. The Morgan fingerprint density at radius 2 is 1.81 bits per heavy atom. The molecule has 9 heteroatoms. The van der Waals surface area contributed by atoms with Gasteiger partial charge in [-0.1, -0.05) is 42.1 Å². The Balaban J connectivity index is 1.73. The summed E-state index contributed by atoms with van der Waals surface area (Å²) in [6.45, 7) is 0. The normalized spacial score (nSPS) is 10.4. The lowest BCUT2D eigenvalue weighted by atomic mass is 10.1. The predicted octanol–water partition coefficient (Wildman–Crippen LogP) is 2.20. The van der Waals surface area contributed by atoms with E-state index < -0.39 is 5.97 Å². The van der Waals surface area contributed by atoms with Crippen LogP contribution in [0.1, 0.15) is 10.4 Å². The zero-order chi connectivity index (χ0) is 19.2. The van der Waals surface area contributed by atoms with Crippen molar-refractivity contribution < 1.29 is 14.3 Å². The van der Waals surface area contributed by atoms with Crippen LogP contribution >= 0.6 is 11.8 Å². The van der Waals surface area contributed by atoms with Gasteiger partial charge in [0.2, 0.25) is 11.1 Å². The number of para-hydroxylation sites is 2. The molecule has 1 amide bonds. The van der Waals surface area contributed by atoms with Gasteiger partial charge in [0.1, 0.15) is 0 Å². The highest BCUT2D eigenvalue weighted by Crippen LogP contribution is 2.23. The lowest BCUT2D eigenvalue weighted by Gasteiger charge is -2.19. The molecule has 0 N–H and O–H groups in total. The average Bonchev–Trinajstić information content (AvgIpc) is 3.20. The largest absolute Gasteiger partial charge is 0.465 e. The van der Waals surface area contributed by atoms with Crippen molar-refractivity contribution in [1.29, 1.82) is 0 Å². The number of thioether (sulfide) groups is 1. The molecule has 0 atom stereocenters. The molecule has 0 fully saturated rings. The standard InChI is InChI=1S/C18H17N5O3S/c1-22(15-11-7-6-10-14(15)17(25)26-2)16(24)12-27-18-19-20-21-23(18)13-8-4-3-5-9-13/h3-11H,12H2,1-2H3. The number of anilines is 1. The molecule has 0 aliphatic heterocycles. The Morgan fingerprint density at radius 3 is 2.56 bits per heavy atom. The van der Waals surface area contributed by atoms with Gasteiger partial charge in [0.25, 0.3) is 0 Å². The number of amides is 1. The van der Waals surface area contributed by atoms with Gasteiger partial charge in [-0.3, -0.25) is 4.79 Å². The van der Waals surface area contributed by atoms with Crippen molar-refractivity contribution in [1.82, 2.24) is 20.2 Å². The maximum Gasteiger partial charge on any atom is 0.339 e. The van der Waals surface area contributed by atoms with Crippen LogP contribution in [-0.2, 0) is 9.53 Å². The summed E-state index contributed by atoms with van der Waals surface area (Å²) >= 11 is 1.22. The summed E-state index contributed by atoms with van der Waals surface area (Å²) in [6.07, 6.45) is 0. The fraction of sp³-hybridized carbons (Fsp3) is 0.167. The van der Waals surface area contributed by atoms with Crippen LogP contribution in [0.15, 0.2) is 59.8 Å². The zero-order valence-electron chi connectivity index (χ0n) is 14.8. The molecule has 0 aliphatic carbocycles. The average molecular weight is 383 g/mol. The number of nitrogens with zero attached hydrogens (tertiary/aromatic N) is 5. The summed E-state index contributed by atoms with van der Waals surface area (Å²) in [7, 11) is 2.92. The number of carbonyl (C=O) groups is 2. The highest BCUT2D eigenvalue weighted by Gasteiger charge is 2.20. The Labute approximate surface area is 160 Å². The molecular formula is C18H17N5O3S. The molecule has 0 saturated heterocycles. The fourth-order valence-corrected chi connectivity index (χ4v) is 3.21. The second-order valence-corrected chi connectivity index (χ2v) is 6.40. The van der Waals surface area contributed by atoms with Gasteiger partial charge in [-0.15, -0.1) is 5.10 Å². The van der Waals surface area contributed by atoms with Crippen LogP contribution in [0.3, 0.4) is 0 Å². The van der Waals surface area contributed by atoms with Crippen LogP contribution in [0.2, 0.25) is 0 Å². The first kappa shape index (κ1) is 18.6. The summed E-state index contributed by atoms with van der Waals surface area (Å²) in [6, 6.07) is 16.2. The number of carbonyl (C=O) groups excluding carboxylic acids is 2. The van der Waals surface area contributed by atoms with Crippen molar-refractivity contribution >= 4 is 29.3 Å². The van der Waals surface area contributed by atoms with E-state index >= 15 is 0 Å². The van der Waals surface area contributed by atoms with E-state index in [0.29, 0.717) is 16.4 Å². The first-order valence-electron chi connectivity index (χ1n) is 8.02. The first-order chi connectivity index (χ1) is 13.1. The van der Waals surface area contributed by atoms with E-state index in [-0.39, 0.29) is 11.7 Å². The molecule has 1 heterocycles. The maximum absolute atomic E-state index is 12.6. The molecule has 8 nitrogen and oxygen atoms in total. The van der Waals surface area contributed by atoms with E-state index in [1.165, 1.54) is 23.8 Å². The van der Waals surface area contributed by atoms with Crippen molar-refractivity contribution in [2.24, 2.45) is 0 Å². The number of hydrogen-bond acceptors (Lipinski definition) is 7. The monoisotopic (exact) mass is 383 g/mol. The van der Waals surface area contributed by atoms with Crippen molar-refractivity contribution in [3.8, 4) is 5.69 Å². The van der Waals surface area contributed by atoms with Crippen LogP contribution in [-0.4, -0.2) is 52.0 Å². The number of hydrogen-bond donors (Lipinski definition) is 0. The van der Waals surface area contributed by atoms with Gasteiger partial charge in [0.15, 0.2) is 0 Å². The van der Waals surface area contributed by atoms with Crippen molar-refractivity contribution in [2.75, 3.05) is 24.8 Å². The van der Waals surface area contributed by atoms with E-state index in [4.69, 9.17) is 4.74 Å². The molecule has 27 heavy (non-hydrogen) atoms. The number of tetrazole rings is 1. The lowest BCUT2D eigenvalue weighted by molar-refractivity contribution is -0.115. The third kappa shape index (κ3) is 4.14. The van der Waals surface area contributed by atoms with E-state index in [1.807, 2.05) is 30.3 Å². The maximum atomic E-state index is 12.6. The van der Waals surface area contributed by atoms with Gasteiger partial charge >= 0.3 is 5.97 Å². The molecule has 0 aliphatic rings. The Hall–Kier alpha value is -3.20. The highest BCUT2D eigenvalue weighted by molar-refractivity contribution is 7.99. The molecule has 138 valence electrons. The van der Waals surface area contributed by atoms with Gasteiger partial charge in [0, 0.05) is 7.05 Å². The number of benzene rings is 2. The zero-order valence-corrected chi connectivity index (χ0v) is 15.6. The Morgan fingerprint density at radius 1 is 1.11 bits per heavy atom. The number of rotatable bonds is 6. The summed E-state index contributed by atoms with van der Waals surface area (Å²) in [4.78, 5) is 26.0. The summed E-state index contributed by atoms with van der Waals surface area (Å²) in [5.41, 5.74) is 1.62. The number of aromatic nitrogens is 4. The van der Waals surface area contributed by atoms with E-state index in [2.05, 4.69) is 15.5 Å². The Bertz CT molecular complexity index is 945. The molecule has 2 aromatic carbocycles. The minimum atomic E-state index is -0.495. The highest BCUT2D eigenvalue weighted by atomic mass is 32.2. The number of methoxy groups -OCH3 is 1. The molecule has 3 rings (SSSR count). The van der Waals surface area contributed by atoms with Crippen LogP contribution in [0.25, 0.3) is 5.69 Å². The molecule has 0 saturated carbocycles. The van der Waals surface area contributed by atoms with Gasteiger partial charge < -0.3 is 9.64 Å². The topological polar surface area (TPSA) is 90.2 Å². The van der Waals surface area contributed by atoms with Crippen LogP contribution in [0, 0.1) is 0 Å². The summed E-state index contributed by atoms with van der Waals surface area (Å²) in [5, 5.41) is 12.1. The second kappa shape index (κ2) is 8.45. The van der Waals surface area contributed by atoms with Crippen molar-refractivity contribution in [2.45, 2.75) is 5.16 Å². The molecule has 0 bridgehead atoms. The van der Waals surface area contributed by atoms with E-state index in [9.17, 15) is 9.59 Å². The van der Waals surface area contributed by atoms with Gasteiger partial charge in [0.05, 0.1) is 29.8 Å². The third-order valence-electron chi connectivity index (χ3n) is 3.81. The molecular weight excluding hydrogens is 366 g/mol. The molecule has 0 radical (unpaired) electrons. The van der Waals surface area contributed by atoms with Crippen LogP contribution in [0.5, 0.6) is 0 Å². The van der Waals surface area contributed by atoms with Crippen LogP contribution < -0.4 is 4.90 Å². The molecule has 1 aromatic heterocycles. The minimum Gasteiger partial charge on any atom is -0.465 e. The van der Waals surface area contributed by atoms with Gasteiger partial charge in [-0.25, -0.2) is 4.79 Å². The van der Waals surface area contributed by atoms with Gasteiger partial charge in [-0.2, -0.15) is 4.68 Å². The van der Waals surface area contributed by atoms with Crippen molar-refractivity contribution in [3.63, 3.8) is 0 Å².